The SMILES string of the molecule is CCCC[C@H]1C(=O)N(C)[C@@H](CCCC)C(=O)N[C@@H](CC(C)C)C(=O)N[C@H](C(N)=O)CSCC(=O)N[C@@H](Cc2ccc(O)cc2)C(=O)N(C)[C@@H](C)C(=O)N[C@@H](CC(N)=O)C(=O)N2CCC[C@H]2C(=O)N[C@@H](CN)C(=O)N[C@@H](CC(C)C)C(=O)N2C[C@H](O)C[C@H]2C(=O)N[C@@H](Cc2c[nH]c3ccccc23)C(=O)N[C@@H](CCN)C(=O)N[C@@H](Cc2cn(CC(=O)O)c3cccnc23)C(=O)N1C. The van der Waals surface area contributed by atoms with Crippen molar-refractivity contribution in [2.45, 2.75) is 248 Å². The number of nitrogens with two attached hydrogens (primary N) is 4. The summed E-state index contributed by atoms with van der Waals surface area (Å²) in [5.41, 5.74) is 26.4. The third-order valence-corrected chi connectivity index (χ3v) is 24.5. The largest absolute Gasteiger partial charge is 0.508 e. The number of unbranched alkanes of at least 4 members (excludes halogenated alkanes) is 2. The molecule has 21 N–H and O–H groups in total. The summed E-state index contributed by atoms with van der Waals surface area (Å²) >= 11 is 0.824. The van der Waals surface area contributed by atoms with Gasteiger partial charge in [-0.15, -0.1) is 11.8 Å². The van der Waals surface area contributed by atoms with Gasteiger partial charge in [0.15, 0.2) is 0 Å². The predicted octanol–water partition coefficient (Wildman–Crippen LogP) is -1.96. The fraction of sp³-hybridized carbons (Fsp3) is 0.568. The summed E-state index contributed by atoms with van der Waals surface area (Å²) in [6.45, 7) is 10.0. The average molecular weight is 1830 g/mol. The summed E-state index contributed by atoms with van der Waals surface area (Å²) < 4.78 is 1.39. The summed E-state index contributed by atoms with van der Waals surface area (Å²) in [5.74, 6) is -17.5. The molecule has 6 heterocycles. The fourth-order valence-electron chi connectivity index (χ4n) is 16.4. The quantitative estimate of drug-likeness (QED) is 0.0319. The summed E-state index contributed by atoms with van der Waals surface area (Å²) in [4.78, 5) is 261. The highest BCUT2D eigenvalue weighted by molar-refractivity contribution is 8.00. The van der Waals surface area contributed by atoms with Crippen molar-refractivity contribution in [3.63, 3.8) is 0 Å². The first-order valence-corrected chi connectivity index (χ1v) is 45.2. The van der Waals surface area contributed by atoms with Gasteiger partial charge in [-0.05, 0) is 117 Å². The van der Waals surface area contributed by atoms with E-state index < -0.39 is 229 Å². The number of aliphatic hydroxyl groups excluding tert-OH is 1. The number of aromatic amines is 1. The summed E-state index contributed by atoms with van der Waals surface area (Å²) in [7, 11) is 3.94. The number of likely N-dealkylation sites (N-methyl/N-ethyl adjacent to an activating group) is 3. The summed E-state index contributed by atoms with van der Waals surface area (Å²) in [6, 6.07) is -5.30. The monoisotopic (exact) mass is 1830 g/mol. The summed E-state index contributed by atoms with van der Waals surface area (Å²) in [6.07, 6.45) is 2.54. The Morgan fingerprint density at radius 1 is 0.569 bits per heavy atom. The molecule has 16 amide bonds. The maximum Gasteiger partial charge on any atom is 0.323 e. The number of H-pyrrole nitrogens is 1. The number of aromatic hydroxyl groups is 1. The first-order valence-electron chi connectivity index (χ1n) is 44.0. The van der Waals surface area contributed by atoms with Gasteiger partial charge < -0.3 is 120 Å². The van der Waals surface area contributed by atoms with E-state index in [0.717, 1.165) is 31.4 Å². The van der Waals surface area contributed by atoms with Crippen molar-refractivity contribution < 1.29 is 96.8 Å². The lowest BCUT2D eigenvalue weighted by Crippen LogP contribution is -2.62. The molecular weight excluding hydrogens is 1700 g/mol. The minimum Gasteiger partial charge on any atom is -0.508 e. The van der Waals surface area contributed by atoms with Crippen LogP contribution >= 0.6 is 11.8 Å². The first-order chi connectivity index (χ1) is 61.7. The Bertz CT molecular complexity index is 4890. The molecule has 0 saturated carbocycles. The molecule has 42 heteroatoms. The average Bonchev–Trinajstić information content (AvgIpc) is 1.40. The van der Waals surface area contributed by atoms with Gasteiger partial charge in [0.25, 0.3) is 0 Å². The number of hydrogen-bond acceptors (Lipinski definition) is 23. The number of para-hydroxylation sites is 1. The predicted molar refractivity (Wildman–Crippen MR) is 479 cm³/mol. The number of aliphatic hydroxyl groups is 1. The molecule has 15 atom stereocenters. The van der Waals surface area contributed by atoms with Crippen LogP contribution in [0.4, 0.5) is 0 Å². The number of carboxylic acid groups (broad SMARTS) is 1. The van der Waals surface area contributed by atoms with E-state index in [1.165, 1.54) is 74.2 Å². The number of aromatic nitrogens is 3. The molecule has 3 fully saturated rings. The van der Waals surface area contributed by atoms with Crippen molar-refractivity contribution in [1.29, 1.82) is 0 Å². The van der Waals surface area contributed by atoms with E-state index >= 15 is 33.6 Å². The molecule has 3 saturated heterocycles. The van der Waals surface area contributed by atoms with Crippen molar-refractivity contribution in [3.05, 3.63) is 95.9 Å². The Kier molecular flexibility index (Phi) is 38.4. The number of fused-ring (bicyclic) bond motifs is 4. The molecule has 0 spiro atoms. The van der Waals surface area contributed by atoms with Gasteiger partial charge in [-0.25, -0.2) is 0 Å². The number of hydrogen-bond donors (Lipinski definition) is 17. The molecule has 5 aromatic rings. The van der Waals surface area contributed by atoms with Crippen molar-refractivity contribution in [2.24, 2.45) is 34.8 Å². The number of aliphatic carboxylic acids is 1. The van der Waals surface area contributed by atoms with Crippen molar-refractivity contribution in [1.82, 2.24) is 86.9 Å². The van der Waals surface area contributed by atoms with Crippen LogP contribution < -0.4 is 70.8 Å². The maximum absolute atomic E-state index is 15.9. The number of phenolic OH excluding ortho intramolecular Hbond substituents is 1. The molecule has 0 unspecified atom stereocenters. The van der Waals surface area contributed by atoms with E-state index in [1.54, 1.807) is 70.3 Å². The van der Waals surface area contributed by atoms with Crippen LogP contribution in [-0.2, 0) is 107 Å². The molecule has 130 heavy (non-hydrogen) atoms. The molecule has 8 rings (SSSR count). The number of nitrogens with one attached hydrogen (secondary N) is 10. The number of carbonyl (C=O) groups excluding carboxylic acids is 16. The minimum absolute atomic E-state index is 0.00564. The zero-order valence-corrected chi connectivity index (χ0v) is 76.0. The van der Waals surface area contributed by atoms with E-state index in [1.807, 2.05) is 13.8 Å². The van der Waals surface area contributed by atoms with Crippen molar-refractivity contribution >= 4 is 134 Å². The molecule has 41 nitrogen and oxygen atoms in total. The second-order valence-corrected chi connectivity index (χ2v) is 35.4. The Morgan fingerprint density at radius 3 is 1.78 bits per heavy atom. The molecule has 3 aliphatic heterocycles. The molecule has 2 aromatic carbocycles. The van der Waals surface area contributed by atoms with Gasteiger partial charge in [-0.2, -0.15) is 0 Å². The lowest BCUT2D eigenvalue weighted by atomic mass is 9.99. The lowest BCUT2D eigenvalue weighted by Gasteiger charge is -2.36. The van der Waals surface area contributed by atoms with Gasteiger partial charge in [-0.1, -0.05) is 97.6 Å². The number of pyridine rings is 1. The summed E-state index contributed by atoms with van der Waals surface area (Å²) in [5, 5.41) is 56.4. The highest BCUT2D eigenvalue weighted by Gasteiger charge is 2.47. The Balaban J connectivity index is 1.19. The zero-order chi connectivity index (χ0) is 95.7. The first kappa shape index (κ1) is 103. The number of rotatable bonds is 24. The molecule has 710 valence electrons. The van der Waals surface area contributed by atoms with Gasteiger partial charge in [0.2, 0.25) is 94.5 Å². The maximum atomic E-state index is 15.9. The van der Waals surface area contributed by atoms with E-state index in [4.69, 9.17) is 22.9 Å². The van der Waals surface area contributed by atoms with Crippen LogP contribution in [-0.4, -0.2) is 304 Å². The van der Waals surface area contributed by atoms with E-state index in [9.17, 15) is 63.3 Å². The fourth-order valence-corrected chi connectivity index (χ4v) is 17.2. The van der Waals surface area contributed by atoms with E-state index in [-0.39, 0.29) is 112 Å². The molecule has 3 aromatic heterocycles. The number of phenols is 1. The zero-order valence-electron chi connectivity index (χ0n) is 75.2. The number of thioether (sulfide) groups is 1. The van der Waals surface area contributed by atoms with E-state index in [0.29, 0.717) is 53.2 Å². The highest BCUT2D eigenvalue weighted by atomic mass is 32.2. The van der Waals surface area contributed by atoms with Crippen LogP contribution in [0.5, 0.6) is 5.75 Å². The van der Waals surface area contributed by atoms with Gasteiger partial charge in [0.05, 0.1) is 29.3 Å². The topological polar surface area (TPSA) is 613 Å². The third-order valence-electron chi connectivity index (χ3n) is 23.5. The van der Waals surface area contributed by atoms with Gasteiger partial charge >= 0.3 is 5.97 Å². The Labute approximate surface area is 758 Å². The normalized spacial score (nSPS) is 25.4. The molecule has 3 aliphatic rings. The van der Waals surface area contributed by atoms with E-state index in [2.05, 4.69) is 57.8 Å². The minimum atomic E-state index is -1.75. The lowest BCUT2D eigenvalue weighted by molar-refractivity contribution is -0.149. The smallest absolute Gasteiger partial charge is 0.323 e. The molecular formula is C88H127N21O20S. The van der Waals surface area contributed by atoms with Crippen molar-refractivity contribution in [3.8, 4) is 5.75 Å². The van der Waals surface area contributed by atoms with Crippen LogP contribution in [0.15, 0.2) is 79.3 Å². The number of amides is 16. The van der Waals surface area contributed by atoms with Crippen LogP contribution in [0.1, 0.15) is 149 Å². The number of carboxylic acids is 1. The van der Waals surface area contributed by atoms with Crippen LogP contribution in [0.3, 0.4) is 0 Å². The second-order valence-electron chi connectivity index (χ2n) is 34.4. The van der Waals surface area contributed by atoms with Crippen LogP contribution in [0.25, 0.3) is 21.9 Å². The highest BCUT2D eigenvalue weighted by Crippen LogP contribution is 2.28. The number of carbonyl (C=O) groups is 17. The van der Waals surface area contributed by atoms with Crippen LogP contribution in [0, 0.1) is 11.8 Å². The van der Waals surface area contributed by atoms with Gasteiger partial charge in [0, 0.05) is 102 Å². The number of primary amides is 2. The van der Waals surface area contributed by atoms with Crippen LogP contribution in [0.2, 0.25) is 0 Å². The third kappa shape index (κ3) is 27.9. The second kappa shape index (κ2) is 48.4. The molecule has 0 aliphatic carbocycles. The molecule has 0 radical (unpaired) electrons. The Morgan fingerprint density at radius 2 is 1.13 bits per heavy atom. The number of benzene rings is 2. The molecule has 0 bridgehead atoms. The van der Waals surface area contributed by atoms with Gasteiger partial charge in [0.1, 0.15) is 96.9 Å². The number of nitrogens with zero attached hydrogens (tertiary/aromatic N) is 7. The van der Waals surface area contributed by atoms with Crippen molar-refractivity contribution in [2.75, 3.05) is 58.8 Å². The standard InChI is InChI=1S/C88H127N21O20S/c1-11-13-21-67-81(122)97-58(33-47(3)4)78(119)103-65(75(92)116)45-130-46-72(113)95-61(35-50-25-27-53(110)28-26-50)84(125)104(8)49(7)76(117)99-63(39-71(91)112)86(127)108-32-18-24-68(108)82(123)102-64(40-90)80(121)100-60(34-48(5)6)87(128)109-43-54(111)38-70(109)83(124)98-59(36-51-41-94-56-20-16-15-19-55(51)56)79(120)96-57(29-30-89)77(118)101-62(85(126)106(10)69(22-14-12-2)88(129)105(67)9)37-52-42-107(44-73(114)115)66-23-17-31-93-74(52)66/h15-17,19-20,23,25-28,31,41-42,47-49,54,57-65,67-70,94,110-111H,11-14,18,21-22,24,29-30,32-40,43-46,89-90H2,1-10H3,(H2,91,112)(H2,92,116)(H,95,113)(H,96,120)(H,97,122)(H,98,124)(H,99,117)(H,100,121)(H,101,118)(H,102,123)(H,103,119)(H,114,115)/t49-,54+,57-,58-,59-,60-,61-,62-,63-,64-,65-,67-,68-,69-,70-/m0/s1. The Hall–Kier alpha value is -12.3. The van der Waals surface area contributed by atoms with Gasteiger partial charge in [-0.3, -0.25) is 86.5 Å².